The average Bonchev–Trinajstić information content (AvgIpc) is 2.34. The molecule has 0 heterocycles. The predicted octanol–water partition coefficient (Wildman–Crippen LogP) is 1.92. The van der Waals surface area contributed by atoms with Crippen molar-refractivity contribution >= 4 is 24.0 Å². The highest BCUT2D eigenvalue weighted by Gasteiger charge is 2.55. The Hall–Kier alpha value is -0.550. The number of hydrogen-bond acceptors (Lipinski definition) is 4. The summed E-state index contributed by atoms with van der Waals surface area (Å²) in [5, 5.41) is 9.36. The average molecular weight is 261 g/mol. The minimum absolute atomic E-state index is 0.0591. The van der Waals surface area contributed by atoms with Crippen molar-refractivity contribution in [2.45, 2.75) is 50.8 Å². The molecule has 0 aromatic carbocycles. The van der Waals surface area contributed by atoms with E-state index in [2.05, 4.69) is 0 Å². The van der Waals surface area contributed by atoms with Crippen LogP contribution in [0.25, 0.3) is 0 Å². The zero-order valence-electron chi connectivity index (χ0n) is 11.0. The number of hydrogen-bond donors (Lipinski definition) is 2. The maximum absolute atomic E-state index is 11.4. The fourth-order valence-electron chi connectivity index (χ4n) is 2.72. The van der Waals surface area contributed by atoms with Crippen molar-refractivity contribution in [1.29, 1.82) is 0 Å². The summed E-state index contributed by atoms with van der Waals surface area (Å²) in [6, 6.07) is 0. The Balaban J connectivity index is 5.75. The second-order valence-electron chi connectivity index (χ2n) is 4.29. The molecule has 0 bridgehead atoms. The minimum Gasteiger partial charge on any atom is -0.480 e. The largest absolute Gasteiger partial charge is 0.480 e. The van der Waals surface area contributed by atoms with Crippen LogP contribution in [0, 0.1) is 5.41 Å². The van der Waals surface area contributed by atoms with E-state index < -0.39 is 16.9 Å². The lowest BCUT2D eigenvalue weighted by Gasteiger charge is -2.46. The van der Waals surface area contributed by atoms with Crippen LogP contribution in [0.3, 0.4) is 0 Å². The SMILES string of the molecule is CCC(SC)C(CC)(CC)C(N)(C=O)C(=O)O. The smallest absolute Gasteiger partial charge is 0.331 e. The third kappa shape index (κ3) is 2.50. The van der Waals surface area contributed by atoms with Crippen LogP contribution in [0.4, 0.5) is 0 Å². The molecule has 5 heteroatoms. The Kier molecular flexibility index (Phi) is 6.19. The number of carbonyl (C=O) groups is 2. The molecule has 0 aliphatic carbocycles. The van der Waals surface area contributed by atoms with E-state index in [1.165, 1.54) is 0 Å². The van der Waals surface area contributed by atoms with Crippen LogP contribution in [0.2, 0.25) is 0 Å². The number of carboxylic acids is 1. The molecule has 2 atom stereocenters. The molecule has 0 aliphatic rings. The molecule has 0 spiro atoms. The summed E-state index contributed by atoms with van der Waals surface area (Å²) in [4.78, 5) is 22.6. The highest BCUT2D eigenvalue weighted by atomic mass is 32.2. The zero-order chi connectivity index (χ0) is 13.7. The van der Waals surface area contributed by atoms with Gasteiger partial charge >= 0.3 is 5.97 Å². The molecule has 0 fully saturated rings. The van der Waals surface area contributed by atoms with E-state index in [9.17, 15) is 14.7 Å². The van der Waals surface area contributed by atoms with Gasteiger partial charge in [0, 0.05) is 10.7 Å². The summed E-state index contributed by atoms with van der Waals surface area (Å²) < 4.78 is 0. The number of thioether (sulfide) groups is 1. The van der Waals surface area contributed by atoms with E-state index >= 15 is 0 Å². The van der Waals surface area contributed by atoms with Crippen LogP contribution in [0.5, 0.6) is 0 Å². The monoisotopic (exact) mass is 261 g/mol. The summed E-state index contributed by atoms with van der Waals surface area (Å²) in [6.45, 7) is 5.79. The van der Waals surface area contributed by atoms with Crippen LogP contribution >= 0.6 is 11.8 Å². The molecule has 3 N–H and O–H groups in total. The summed E-state index contributed by atoms with van der Waals surface area (Å²) in [6.07, 6.45) is 4.28. The van der Waals surface area contributed by atoms with Gasteiger partial charge < -0.3 is 15.6 Å². The van der Waals surface area contributed by atoms with Crippen molar-refractivity contribution in [3.05, 3.63) is 0 Å². The van der Waals surface area contributed by atoms with Gasteiger partial charge in [0.25, 0.3) is 0 Å². The van der Waals surface area contributed by atoms with Crippen LogP contribution in [0.15, 0.2) is 0 Å². The van der Waals surface area contributed by atoms with Crippen molar-refractivity contribution in [3.63, 3.8) is 0 Å². The van der Waals surface area contributed by atoms with E-state index in [0.717, 1.165) is 6.42 Å². The number of carbonyl (C=O) groups excluding carboxylic acids is 1. The Morgan fingerprint density at radius 2 is 1.88 bits per heavy atom. The fourth-order valence-corrected chi connectivity index (χ4v) is 4.03. The molecular formula is C12H23NO3S. The first kappa shape index (κ1) is 16.4. The quantitative estimate of drug-likeness (QED) is 0.515. The lowest BCUT2D eigenvalue weighted by molar-refractivity contribution is -0.152. The van der Waals surface area contributed by atoms with E-state index in [1.54, 1.807) is 11.8 Å². The Morgan fingerprint density at radius 1 is 1.41 bits per heavy atom. The third-order valence-corrected chi connectivity index (χ3v) is 5.25. The van der Waals surface area contributed by atoms with Gasteiger partial charge in [-0.25, -0.2) is 4.79 Å². The number of carboxylic acid groups (broad SMARTS) is 1. The van der Waals surface area contributed by atoms with E-state index in [1.807, 2.05) is 27.0 Å². The first-order chi connectivity index (χ1) is 7.89. The van der Waals surface area contributed by atoms with Gasteiger partial charge in [0.15, 0.2) is 11.8 Å². The molecule has 0 saturated heterocycles. The molecule has 4 nitrogen and oxygen atoms in total. The maximum atomic E-state index is 11.4. The molecule has 0 aromatic heterocycles. The van der Waals surface area contributed by atoms with Crippen molar-refractivity contribution < 1.29 is 14.7 Å². The minimum atomic E-state index is -1.81. The molecule has 0 saturated carbocycles. The van der Waals surface area contributed by atoms with Gasteiger partial charge in [0.2, 0.25) is 0 Å². The Labute approximate surface area is 107 Å². The standard InChI is InChI=1S/C12H23NO3S/c1-5-9(17-4)11(6-2,7-3)12(13,8-14)10(15)16/h8-9H,5-7,13H2,1-4H3,(H,15,16). The fraction of sp³-hybridized carbons (Fsp3) is 0.833. The van der Waals surface area contributed by atoms with Crippen LogP contribution in [-0.4, -0.2) is 34.4 Å². The second kappa shape index (κ2) is 6.40. The van der Waals surface area contributed by atoms with Gasteiger partial charge in [-0.05, 0) is 25.5 Å². The van der Waals surface area contributed by atoms with Crippen LogP contribution in [0.1, 0.15) is 40.0 Å². The summed E-state index contributed by atoms with van der Waals surface area (Å²) >= 11 is 1.58. The van der Waals surface area contributed by atoms with Crippen molar-refractivity contribution in [2.24, 2.45) is 11.1 Å². The predicted molar refractivity (Wildman–Crippen MR) is 71.2 cm³/mol. The van der Waals surface area contributed by atoms with E-state index in [4.69, 9.17) is 5.73 Å². The molecule has 0 aliphatic heterocycles. The van der Waals surface area contributed by atoms with Gasteiger partial charge in [0.1, 0.15) is 0 Å². The molecule has 0 rings (SSSR count). The van der Waals surface area contributed by atoms with Crippen molar-refractivity contribution in [1.82, 2.24) is 0 Å². The van der Waals surface area contributed by atoms with Gasteiger partial charge in [-0.3, -0.25) is 0 Å². The second-order valence-corrected chi connectivity index (χ2v) is 5.33. The number of aldehydes is 1. The van der Waals surface area contributed by atoms with E-state index in [0.29, 0.717) is 19.1 Å². The summed E-state index contributed by atoms with van der Waals surface area (Å²) in [5.41, 5.74) is 3.41. The highest BCUT2D eigenvalue weighted by Crippen LogP contribution is 2.45. The number of nitrogens with two attached hydrogens (primary N) is 1. The normalized spacial score (nSPS) is 17.2. The van der Waals surface area contributed by atoms with Gasteiger partial charge in [-0.15, -0.1) is 0 Å². The topological polar surface area (TPSA) is 80.4 Å². The van der Waals surface area contributed by atoms with Crippen molar-refractivity contribution in [2.75, 3.05) is 6.26 Å². The molecule has 0 radical (unpaired) electrons. The number of rotatable bonds is 8. The first-order valence-corrected chi connectivity index (χ1v) is 7.20. The van der Waals surface area contributed by atoms with Crippen LogP contribution in [-0.2, 0) is 9.59 Å². The molecule has 100 valence electrons. The molecule has 0 aromatic rings. The zero-order valence-corrected chi connectivity index (χ0v) is 11.8. The Bertz CT molecular complexity index is 275. The van der Waals surface area contributed by atoms with Gasteiger partial charge in [-0.2, -0.15) is 11.8 Å². The molecule has 17 heavy (non-hydrogen) atoms. The lowest BCUT2D eigenvalue weighted by atomic mass is 9.64. The maximum Gasteiger partial charge on any atom is 0.331 e. The number of aliphatic carboxylic acids is 1. The summed E-state index contributed by atoms with van der Waals surface area (Å²) in [7, 11) is 0. The Morgan fingerprint density at radius 3 is 2.06 bits per heavy atom. The lowest BCUT2D eigenvalue weighted by Crippen LogP contribution is -2.65. The van der Waals surface area contributed by atoms with Crippen LogP contribution < -0.4 is 5.73 Å². The molecule has 0 amide bonds. The van der Waals surface area contributed by atoms with Gasteiger partial charge in [-0.1, -0.05) is 20.8 Å². The highest BCUT2D eigenvalue weighted by molar-refractivity contribution is 7.99. The van der Waals surface area contributed by atoms with Gasteiger partial charge in [0.05, 0.1) is 0 Å². The third-order valence-electron chi connectivity index (χ3n) is 3.90. The first-order valence-electron chi connectivity index (χ1n) is 5.91. The van der Waals surface area contributed by atoms with Crippen molar-refractivity contribution in [3.8, 4) is 0 Å². The molecule has 2 unspecified atom stereocenters. The summed E-state index contributed by atoms with van der Waals surface area (Å²) in [5.74, 6) is -1.23. The molecular weight excluding hydrogens is 238 g/mol. The van der Waals surface area contributed by atoms with E-state index in [-0.39, 0.29) is 5.25 Å².